The van der Waals surface area contributed by atoms with E-state index in [1.54, 1.807) is 13.0 Å². The second-order valence-electron chi connectivity index (χ2n) is 5.54. The first-order chi connectivity index (χ1) is 8.92. The number of rotatable bonds is 4. The Bertz CT molecular complexity index is 576. The molecular weight excluding hydrogens is 238 g/mol. The topological polar surface area (TPSA) is 52.5 Å². The summed E-state index contributed by atoms with van der Waals surface area (Å²) in [5.74, 6) is 0.285. The first-order valence-electron chi connectivity index (χ1n) is 6.54. The lowest BCUT2D eigenvalue weighted by Gasteiger charge is -2.30. The molecule has 3 heteroatoms. The van der Waals surface area contributed by atoms with E-state index in [9.17, 15) is 10.2 Å². The molecule has 0 fully saturated rings. The van der Waals surface area contributed by atoms with Crippen LogP contribution in [0.15, 0.2) is 36.4 Å². The predicted molar refractivity (Wildman–Crippen MR) is 78.2 cm³/mol. The molecule has 1 atom stereocenters. The first kappa shape index (κ1) is 13.8. The summed E-state index contributed by atoms with van der Waals surface area (Å²) >= 11 is 0. The van der Waals surface area contributed by atoms with Gasteiger partial charge in [-0.3, -0.25) is 0 Å². The largest absolute Gasteiger partial charge is 0.508 e. The Hall–Kier alpha value is -1.58. The zero-order valence-corrected chi connectivity index (χ0v) is 11.6. The minimum absolute atomic E-state index is 0.285. The summed E-state index contributed by atoms with van der Waals surface area (Å²) in [5.41, 5.74) is 0.468. The molecule has 0 amide bonds. The van der Waals surface area contributed by atoms with Crippen LogP contribution in [0.25, 0.3) is 10.8 Å². The summed E-state index contributed by atoms with van der Waals surface area (Å²) in [5, 5.41) is 25.2. The number of fused-ring (bicyclic) bond motifs is 1. The minimum Gasteiger partial charge on any atom is -0.508 e. The smallest absolute Gasteiger partial charge is 0.120 e. The highest BCUT2D eigenvalue weighted by Crippen LogP contribution is 2.27. The Morgan fingerprint density at radius 2 is 1.84 bits per heavy atom. The van der Waals surface area contributed by atoms with Crippen LogP contribution in [-0.4, -0.2) is 21.9 Å². The normalized spacial score (nSPS) is 13.7. The number of aromatic hydroxyl groups is 1. The standard InChI is InChI=1S/C16H21NO2/c1-11(18)16(2,3)17-10-14-13-7-5-4-6-12(13)8-9-15(14)19/h4-9,11,17-19H,10H2,1-3H3. The monoisotopic (exact) mass is 259 g/mol. The number of nitrogens with one attached hydrogen (secondary N) is 1. The Morgan fingerprint density at radius 3 is 2.53 bits per heavy atom. The van der Waals surface area contributed by atoms with Crippen molar-refractivity contribution in [2.24, 2.45) is 0 Å². The molecule has 0 aliphatic carbocycles. The van der Waals surface area contributed by atoms with Crippen molar-refractivity contribution in [2.75, 3.05) is 0 Å². The summed E-state index contributed by atoms with van der Waals surface area (Å²) < 4.78 is 0. The highest BCUT2D eigenvalue weighted by atomic mass is 16.3. The van der Waals surface area contributed by atoms with Crippen LogP contribution in [0.2, 0.25) is 0 Å². The van der Waals surface area contributed by atoms with Crippen LogP contribution in [0.3, 0.4) is 0 Å². The Kier molecular flexibility index (Phi) is 3.78. The molecule has 0 aromatic heterocycles. The fraction of sp³-hybridized carbons (Fsp3) is 0.375. The van der Waals surface area contributed by atoms with E-state index in [1.165, 1.54) is 0 Å². The van der Waals surface area contributed by atoms with Gasteiger partial charge in [-0.2, -0.15) is 0 Å². The van der Waals surface area contributed by atoms with E-state index in [2.05, 4.69) is 5.32 Å². The zero-order valence-electron chi connectivity index (χ0n) is 11.6. The van der Waals surface area contributed by atoms with Crippen LogP contribution in [0.1, 0.15) is 26.3 Å². The van der Waals surface area contributed by atoms with Gasteiger partial charge in [0.2, 0.25) is 0 Å². The molecule has 0 bridgehead atoms. The van der Waals surface area contributed by atoms with Gasteiger partial charge < -0.3 is 15.5 Å². The number of phenolic OH excluding ortho intramolecular Hbond substituents is 1. The van der Waals surface area contributed by atoms with E-state index < -0.39 is 11.6 Å². The van der Waals surface area contributed by atoms with Crippen LogP contribution in [-0.2, 0) is 6.54 Å². The van der Waals surface area contributed by atoms with Crippen molar-refractivity contribution in [2.45, 2.75) is 39.0 Å². The Labute approximate surface area is 113 Å². The summed E-state index contributed by atoms with van der Waals surface area (Å²) in [4.78, 5) is 0. The minimum atomic E-state index is -0.468. The van der Waals surface area contributed by atoms with Gasteiger partial charge in [0.25, 0.3) is 0 Å². The lowest BCUT2D eigenvalue weighted by atomic mass is 9.97. The van der Waals surface area contributed by atoms with Crippen molar-refractivity contribution in [1.29, 1.82) is 0 Å². The Balaban J connectivity index is 2.32. The molecule has 0 radical (unpaired) electrons. The summed E-state index contributed by atoms with van der Waals surface area (Å²) in [6.45, 7) is 6.17. The third-order valence-electron chi connectivity index (χ3n) is 3.78. The maximum Gasteiger partial charge on any atom is 0.120 e. The number of hydrogen-bond donors (Lipinski definition) is 3. The van der Waals surface area contributed by atoms with Gasteiger partial charge in [-0.1, -0.05) is 30.3 Å². The maximum absolute atomic E-state index is 10.0. The highest BCUT2D eigenvalue weighted by molar-refractivity contribution is 5.87. The van der Waals surface area contributed by atoms with E-state index >= 15 is 0 Å². The maximum atomic E-state index is 10.0. The van der Waals surface area contributed by atoms with Crippen LogP contribution in [0, 0.1) is 0 Å². The number of aliphatic hydroxyl groups excluding tert-OH is 1. The molecule has 1 unspecified atom stereocenters. The van der Waals surface area contributed by atoms with Gasteiger partial charge in [-0.15, -0.1) is 0 Å². The van der Waals surface area contributed by atoms with Crippen molar-refractivity contribution in [3.63, 3.8) is 0 Å². The molecule has 102 valence electrons. The lowest BCUT2D eigenvalue weighted by Crippen LogP contribution is -2.47. The van der Waals surface area contributed by atoms with Crippen molar-refractivity contribution < 1.29 is 10.2 Å². The van der Waals surface area contributed by atoms with Gasteiger partial charge >= 0.3 is 0 Å². The van der Waals surface area contributed by atoms with Gasteiger partial charge in [-0.05, 0) is 37.6 Å². The zero-order chi connectivity index (χ0) is 14.0. The van der Waals surface area contributed by atoms with E-state index in [-0.39, 0.29) is 5.75 Å². The van der Waals surface area contributed by atoms with Gasteiger partial charge in [0.05, 0.1) is 6.10 Å². The van der Waals surface area contributed by atoms with E-state index in [0.717, 1.165) is 16.3 Å². The number of aliphatic hydroxyl groups is 1. The molecule has 19 heavy (non-hydrogen) atoms. The summed E-state index contributed by atoms with van der Waals surface area (Å²) in [6, 6.07) is 11.6. The molecule has 0 aliphatic heterocycles. The Morgan fingerprint density at radius 1 is 1.16 bits per heavy atom. The average Bonchev–Trinajstić information content (AvgIpc) is 2.37. The fourth-order valence-electron chi connectivity index (χ4n) is 1.97. The van der Waals surface area contributed by atoms with Crippen molar-refractivity contribution >= 4 is 10.8 Å². The van der Waals surface area contributed by atoms with Crippen LogP contribution < -0.4 is 5.32 Å². The van der Waals surface area contributed by atoms with Gasteiger partial charge in [0.1, 0.15) is 5.75 Å². The van der Waals surface area contributed by atoms with Gasteiger partial charge in [0, 0.05) is 17.6 Å². The van der Waals surface area contributed by atoms with E-state index in [1.807, 2.05) is 44.2 Å². The lowest BCUT2D eigenvalue weighted by molar-refractivity contribution is 0.0956. The summed E-state index contributed by atoms with van der Waals surface area (Å²) in [7, 11) is 0. The molecule has 0 saturated carbocycles. The number of benzene rings is 2. The molecule has 0 spiro atoms. The molecule has 3 N–H and O–H groups in total. The van der Waals surface area contributed by atoms with Crippen molar-refractivity contribution in [3.8, 4) is 5.75 Å². The second kappa shape index (κ2) is 5.19. The molecular formula is C16H21NO2. The quantitative estimate of drug-likeness (QED) is 0.791. The van der Waals surface area contributed by atoms with Crippen molar-refractivity contribution in [3.05, 3.63) is 42.0 Å². The third-order valence-corrected chi connectivity index (χ3v) is 3.78. The van der Waals surface area contributed by atoms with Crippen LogP contribution in [0.4, 0.5) is 0 Å². The molecule has 2 rings (SSSR count). The molecule has 3 nitrogen and oxygen atoms in total. The number of hydrogen-bond acceptors (Lipinski definition) is 3. The van der Waals surface area contributed by atoms with Crippen LogP contribution in [0.5, 0.6) is 5.75 Å². The molecule has 2 aromatic carbocycles. The predicted octanol–water partition coefficient (Wildman–Crippen LogP) is 2.79. The molecule has 0 saturated heterocycles. The van der Waals surface area contributed by atoms with Gasteiger partial charge in [-0.25, -0.2) is 0 Å². The van der Waals surface area contributed by atoms with Crippen LogP contribution >= 0.6 is 0 Å². The first-order valence-corrected chi connectivity index (χ1v) is 6.54. The molecule has 0 heterocycles. The average molecular weight is 259 g/mol. The highest BCUT2D eigenvalue weighted by Gasteiger charge is 2.23. The van der Waals surface area contributed by atoms with Gasteiger partial charge in [0.15, 0.2) is 0 Å². The van der Waals surface area contributed by atoms with E-state index in [0.29, 0.717) is 6.54 Å². The summed E-state index contributed by atoms with van der Waals surface area (Å²) in [6.07, 6.45) is -0.468. The van der Waals surface area contributed by atoms with E-state index in [4.69, 9.17) is 0 Å². The van der Waals surface area contributed by atoms with Crippen molar-refractivity contribution in [1.82, 2.24) is 5.32 Å². The molecule has 0 aliphatic rings. The third kappa shape index (κ3) is 2.88. The second-order valence-corrected chi connectivity index (χ2v) is 5.54. The SMILES string of the molecule is CC(O)C(C)(C)NCc1c(O)ccc2ccccc12. The fourth-order valence-corrected chi connectivity index (χ4v) is 1.97. The molecule has 2 aromatic rings. The number of phenols is 1.